The molecule has 37 heavy (non-hydrogen) atoms. The van der Waals surface area contributed by atoms with Gasteiger partial charge in [0.1, 0.15) is 11.3 Å². The van der Waals surface area contributed by atoms with Gasteiger partial charge in [0.25, 0.3) is 5.91 Å². The van der Waals surface area contributed by atoms with Crippen molar-refractivity contribution in [1.82, 2.24) is 24.4 Å². The summed E-state index contributed by atoms with van der Waals surface area (Å²) in [7, 11) is -0.843. The van der Waals surface area contributed by atoms with Crippen molar-refractivity contribution in [1.29, 1.82) is 0 Å². The summed E-state index contributed by atoms with van der Waals surface area (Å²) in [6, 6.07) is 3.77. The van der Waals surface area contributed by atoms with E-state index in [0.29, 0.717) is 61.3 Å². The lowest BCUT2D eigenvalue weighted by molar-refractivity contribution is 0.0996. The van der Waals surface area contributed by atoms with Crippen molar-refractivity contribution in [3.8, 4) is 11.5 Å². The summed E-state index contributed by atoms with van der Waals surface area (Å²) in [6.45, 7) is 3.89. The normalized spacial score (nSPS) is 18.3. The average molecular weight is 531 g/mol. The standard InChI is InChI=1S/C23H30N8O5S/c1-35-19-17(36-10-2-6-30-8-11-37(33,34)12-9-30)4-3-16-18(19)28-23(31-7-5-25-20(16)31)29-21(32)15-13-26-22(24)27-14-15/h3-4,13-14,25,33-34H,2,5-12H2,1H3,(H2,24,26,27). The maximum atomic E-state index is 12.8. The molecule has 4 heterocycles. The third kappa shape index (κ3) is 5.46. The van der Waals surface area contributed by atoms with E-state index in [2.05, 4.69) is 30.2 Å². The number of aromatic nitrogens is 4. The highest BCUT2D eigenvalue weighted by molar-refractivity contribution is 8.24. The number of anilines is 2. The molecule has 1 amide bonds. The van der Waals surface area contributed by atoms with Gasteiger partial charge < -0.3 is 25.4 Å². The summed E-state index contributed by atoms with van der Waals surface area (Å²) < 4.78 is 33.2. The molecule has 0 atom stereocenters. The highest BCUT2D eigenvalue weighted by atomic mass is 32.3. The monoisotopic (exact) mass is 530 g/mol. The predicted molar refractivity (Wildman–Crippen MR) is 140 cm³/mol. The summed E-state index contributed by atoms with van der Waals surface area (Å²) in [4.78, 5) is 31.6. The smallest absolute Gasteiger partial charge is 0.283 e. The molecule has 5 N–H and O–H groups in total. The van der Waals surface area contributed by atoms with E-state index in [1.807, 2.05) is 16.7 Å². The van der Waals surface area contributed by atoms with Crippen LogP contribution in [0.1, 0.15) is 16.8 Å². The van der Waals surface area contributed by atoms with Crippen LogP contribution >= 0.6 is 10.6 Å². The first-order valence-electron chi connectivity index (χ1n) is 12.0. The molecule has 1 aromatic carbocycles. The number of nitrogens with one attached hydrogen (secondary N) is 1. The number of carbonyl (C=O) groups is 1. The van der Waals surface area contributed by atoms with Crippen LogP contribution in [-0.4, -0.2) is 90.8 Å². The van der Waals surface area contributed by atoms with Gasteiger partial charge in [-0.1, -0.05) is 0 Å². The van der Waals surface area contributed by atoms with Crippen molar-refractivity contribution in [2.45, 2.75) is 13.0 Å². The fraction of sp³-hybridized carbons (Fsp3) is 0.435. The van der Waals surface area contributed by atoms with E-state index < -0.39 is 16.5 Å². The molecule has 2 aromatic heterocycles. The first-order chi connectivity index (χ1) is 17.8. The molecule has 0 radical (unpaired) electrons. The van der Waals surface area contributed by atoms with E-state index >= 15 is 0 Å². The average Bonchev–Trinajstić information content (AvgIpc) is 3.38. The molecule has 1 fully saturated rings. The van der Waals surface area contributed by atoms with E-state index in [-0.39, 0.29) is 17.1 Å². The lowest BCUT2D eigenvalue weighted by atomic mass is 10.2. The van der Waals surface area contributed by atoms with Crippen LogP contribution in [0, 0.1) is 0 Å². The van der Waals surface area contributed by atoms with Crippen LogP contribution < -0.4 is 26.1 Å². The quantitative estimate of drug-likeness (QED) is 0.325. The van der Waals surface area contributed by atoms with Crippen molar-refractivity contribution in [2.75, 3.05) is 62.5 Å². The molecule has 2 aliphatic rings. The van der Waals surface area contributed by atoms with Gasteiger partial charge in [-0.05, 0) is 18.6 Å². The van der Waals surface area contributed by atoms with Crippen molar-refractivity contribution in [3.63, 3.8) is 0 Å². The minimum Gasteiger partial charge on any atom is -0.491 e. The van der Waals surface area contributed by atoms with Crippen LogP contribution in [0.4, 0.5) is 11.8 Å². The molecule has 0 spiro atoms. The van der Waals surface area contributed by atoms with Crippen molar-refractivity contribution >= 4 is 39.2 Å². The Morgan fingerprint density at radius 2 is 1.97 bits per heavy atom. The van der Waals surface area contributed by atoms with Crippen molar-refractivity contribution in [3.05, 3.63) is 35.7 Å². The molecule has 198 valence electrons. The predicted octanol–water partition coefficient (Wildman–Crippen LogP) is 1.42. The van der Waals surface area contributed by atoms with Gasteiger partial charge >= 0.3 is 0 Å². The molecule has 0 saturated carbocycles. The Bertz CT molecular complexity index is 1370. The minimum atomic E-state index is -2.40. The number of ether oxygens (including phenoxy) is 2. The second-order valence-corrected chi connectivity index (χ2v) is 11.3. The molecule has 0 bridgehead atoms. The van der Waals surface area contributed by atoms with E-state index in [1.165, 1.54) is 12.4 Å². The zero-order valence-electron chi connectivity index (χ0n) is 20.5. The highest BCUT2D eigenvalue weighted by Gasteiger charge is 2.23. The summed E-state index contributed by atoms with van der Waals surface area (Å²) in [5, 5.41) is 4.17. The molecule has 13 nitrogen and oxygen atoms in total. The lowest BCUT2D eigenvalue weighted by Crippen LogP contribution is -2.39. The Morgan fingerprint density at radius 3 is 2.70 bits per heavy atom. The second-order valence-electron chi connectivity index (χ2n) is 8.83. The van der Waals surface area contributed by atoms with Gasteiger partial charge in [-0.25, -0.2) is 15.0 Å². The Labute approximate surface area is 214 Å². The number of nitrogen functional groups attached to an aromatic ring is 1. The third-order valence-corrected chi connectivity index (χ3v) is 8.04. The van der Waals surface area contributed by atoms with Crippen LogP contribution in [0.3, 0.4) is 0 Å². The van der Waals surface area contributed by atoms with Gasteiger partial charge in [0.2, 0.25) is 11.6 Å². The number of methoxy groups -OCH3 is 1. The van der Waals surface area contributed by atoms with Crippen LogP contribution in [0.5, 0.6) is 11.5 Å². The summed E-state index contributed by atoms with van der Waals surface area (Å²) in [5.41, 5.74) is 6.49. The Kier molecular flexibility index (Phi) is 7.15. The van der Waals surface area contributed by atoms with Crippen molar-refractivity contribution in [2.24, 2.45) is 4.99 Å². The molecule has 14 heteroatoms. The minimum absolute atomic E-state index is 0.0754. The molecule has 0 unspecified atom stereocenters. The SMILES string of the molecule is COc1c(OCCCN2CCS(O)(O)CC2)ccc2c3n(c(=NC(=O)c4cnc(N)nc4)nc12)CCN3. The Hall–Kier alpha value is -3.46. The number of rotatable bonds is 7. The molecular formula is C23H30N8O5S. The van der Waals surface area contributed by atoms with Crippen LogP contribution in [0.15, 0.2) is 29.5 Å². The number of amides is 1. The largest absolute Gasteiger partial charge is 0.491 e. The number of nitrogens with zero attached hydrogens (tertiary/aromatic N) is 6. The Morgan fingerprint density at radius 1 is 1.22 bits per heavy atom. The number of benzene rings is 1. The maximum Gasteiger partial charge on any atom is 0.283 e. The molecule has 2 aliphatic heterocycles. The zero-order valence-corrected chi connectivity index (χ0v) is 21.3. The van der Waals surface area contributed by atoms with Crippen molar-refractivity contribution < 1.29 is 23.4 Å². The van der Waals surface area contributed by atoms with E-state index in [4.69, 9.17) is 15.2 Å². The highest BCUT2D eigenvalue weighted by Crippen LogP contribution is 2.40. The van der Waals surface area contributed by atoms with Crippen LogP contribution in [0.2, 0.25) is 0 Å². The number of hydrogen-bond acceptors (Lipinski definition) is 11. The fourth-order valence-electron chi connectivity index (χ4n) is 4.41. The molecular weight excluding hydrogens is 500 g/mol. The molecule has 3 aromatic rings. The van der Waals surface area contributed by atoms with E-state index in [0.717, 1.165) is 24.2 Å². The van der Waals surface area contributed by atoms with E-state index in [1.54, 1.807) is 7.11 Å². The number of nitrogens with two attached hydrogens (primary N) is 1. The van der Waals surface area contributed by atoms with E-state index in [9.17, 15) is 13.9 Å². The van der Waals surface area contributed by atoms with Gasteiger partial charge in [-0.2, -0.15) is 15.6 Å². The summed E-state index contributed by atoms with van der Waals surface area (Å²) >= 11 is 0. The third-order valence-electron chi connectivity index (χ3n) is 6.37. The second kappa shape index (κ2) is 10.5. The summed E-state index contributed by atoms with van der Waals surface area (Å²) in [5.74, 6) is 2.20. The fourth-order valence-corrected chi connectivity index (χ4v) is 5.71. The van der Waals surface area contributed by atoms with Gasteiger partial charge in [-0.3, -0.25) is 18.5 Å². The first kappa shape index (κ1) is 25.2. The lowest BCUT2D eigenvalue weighted by Gasteiger charge is -2.40. The van der Waals surface area contributed by atoms with Gasteiger partial charge in [-0.15, -0.1) is 0 Å². The van der Waals surface area contributed by atoms with Gasteiger partial charge in [0, 0.05) is 50.5 Å². The topological polar surface area (TPSA) is 173 Å². The van der Waals surface area contributed by atoms with Gasteiger partial charge in [0.05, 0.1) is 30.8 Å². The number of carbonyl (C=O) groups excluding carboxylic acids is 1. The van der Waals surface area contributed by atoms with Gasteiger partial charge in [0.15, 0.2) is 11.5 Å². The number of fused-ring (bicyclic) bond motifs is 3. The first-order valence-corrected chi connectivity index (χ1v) is 13.8. The molecule has 0 aliphatic carbocycles. The number of hydrogen-bond donors (Lipinski definition) is 4. The molecule has 5 rings (SSSR count). The van der Waals surface area contributed by atoms with Crippen LogP contribution in [0.25, 0.3) is 10.9 Å². The Balaban J connectivity index is 1.38. The van der Waals surface area contributed by atoms with Crippen LogP contribution in [-0.2, 0) is 6.54 Å². The summed E-state index contributed by atoms with van der Waals surface area (Å²) in [6.07, 6.45) is 3.44. The molecule has 1 saturated heterocycles. The maximum absolute atomic E-state index is 12.8. The zero-order chi connectivity index (χ0) is 26.0.